The van der Waals surface area contributed by atoms with E-state index in [9.17, 15) is 0 Å². The van der Waals surface area contributed by atoms with E-state index in [0.29, 0.717) is 0 Å². The lowest BCUT2D eigenvalue weighted by Gasteiger charge is -2.08. The Balaban J connectivity index is 2.20. The lowest BCUT2D eigenvalue weighted by molar-refractivity contribution is 1.18. The smallest absolute Gasteiger partial charge is 0.0541 e. The summed E-state index contributed by atoms with van der Waals surface area (Å²) in [6, 6.07) is 22.8. The molecule has 1 nitrogen and oxygen atoms in total. The first-order chi connectivity index (χ1) is 10.2. The molecule has 3 heteroatoms. The molecule has 1 aromatic heterocycles. The van der Waals surface area contributed by atoms with E-state index < -0.39 is 0 Å². The van der Waals surface area contributed by atoms with Gasteiger partial charge in [-0.3, -0.25) is 0 Å². The van der Waals surface area contributed by atoms with Crippen LogP contribution in [0.15, 0.2) is 71.2 Å². The highest BCUT2D eigenvalue weighted by molar-refractivity contribution is 9.10. The van der Waals surface area contributed by atoms with E-state index in [1.807, 2.05) is 18.2 Å². The topological polar surface area (TPSA) is 4.93 Å². The summed E-state index contributed by atoms with van der Waals surface area (Å²) in [6.07, 6.45) is 0. The summed E-state index contributed by atoms with van der Waals surface area (Å²) in [5, 5.41) is 3.23. The highest BCUT2D eigenvalue weighted by atomic mass is 79.9. The van der Waals surface area contributed by atoms with E-state index in [1.165, 1.54) is 21.8 Å². The number of rotatable bonds is 1. The fourth-order valence-electron chi connectivity index (χ4n) is 2.84. The van der Waals surface area contributed by atoms with Crippen LogP contribution in [0.2, 0.25) is 5.02 Å². The number of halogens is 2. The van der Waals surface area contributed by atoms with Gasteiger partial charge in [-0.1, -0.05) is 51.8 Å². The van der Waals surface area contributed by atoms with Crippen molar-refractivity contribution in [3.63, 3.8) is 0 Å². The van der Waals surface area contributed by atoms with Crippen LogP contribution in [0.1, 0.15) is 0 Å². The van der Waals surface area contributed by atoms with E-state index in [4.69, 9.17) is 11.6 Å². The molecule has 4 aromatic rings. The average molecular weight is 357 g/mol. The Kier molecular flexibility index (Phi) is 3.02. The Morgan fingerprint density at radius 2 is 1.57 bits per heavy atom. The second-order valence-electron chi connectivity index (χ2n) is 4.99. The minimum absolute atomic E-state index is 0.746. The first-order valence-corrected chi connectivity index (χ1v) is 7.86. The maximum Gasteiger partial charge on any atom is 0.0541 e. The first-order valence-electron chi connectivity index (χ1n) is 6.69. The maximum absolute atomic E-state index is 6.17. The average Bonchev–Trinajstić information content (AvgIpc) is 2.81. The molecule has 102 valence electrons. The second kappa shape index (κ2) is 4.90. The zero-order valence-corrected chi connectivity index (χ0v) is 13.4. The summed E-state index contributed by atoms with van der Waals surface area (Å²) in [7, 11) is 0. The van der Waals surface area contributed by atoms with Gasteiger partial charge in [0, 0.05) is 26.0 Å². The summed E-state index contributed by atoms with van der Waals surface area (Å²) in [6.45, 7) is 0. The number of hydrogen-bond acceptors (Lipinski definition) is 0. The fraction of sp³-hybridized carbons (Fsp3) is 0. The molecular formula is C18H11BrClN. The molecule has 0 radical (unpaired) electrons. The van der Waals surface area contributed by atoms with Gasteiger partial charge in [-0.25, -0.2) is 0 Å². The van der Waals surface area contributed by atoms with Crippen LogP contribution in [0.5, 0.6) is 0 Å². The first kappa shape index (κ1) is 12.9. The van der Waals surface area contributed by atoms with Crippen molar-refractivity contribution in [3.8, 4) is 5.69 Å². The van der Waals surface area contributed by atoms with Gasteiger partial charge in [-0.2, -0.15) is 0 Å². The van der Waals surface area contributed by atoms with Gasteiger partial charge in [0.25, 0.3) is 0 Å². The van der Waals surface area contributed by atoms with Crippen molar-refractivity contribution in [2.24, 2.45) is 0 Å². The van der Waals surface area contributed by atoms with Gasteiger partial charge < -0.3 is 4.57 Å². The molecule has 0 saturated heterocycles. The molecule has 0 spiro atoms. The van der Waals surface area contributed by atoms with Crippen molar-refractivity contribution in [1.29, 1.82) is 0 Å². The zero-order chi connectivity index (χ0) is 14.4. The Morgan fingerprint density at radius 1 is 0.762 bits per heavy atom. The standard InChI is InChI=1S/C18H11BrClN/c19-12-8-9-18-16(10-12)15-6-1-2-7-17(15)21(18)14-5-3-4-13(20)11-14/h1-11H. The summed E-state index contributed by atoms with van der Waals surface area (Å²) < 4.78 is 3.34. The summed E-state index contributed by atoms with van der Waals surface area (Å²) in [5.41, 5.74) is 3.45. The van der Waals surface area contributed by atoms with E-state index in [2.05, 4.69) is 69.0 Å². The van der Waals surface area contributed by atoms with Gasteiger partial charge >= 0.3 is 0 Å². The lowest BCUT2D eigenvalue weighted by Crippen LogP contribution is -1.93. The van der Waals surface area contributed by atoms with E-state index in [-0.39, 0.29) is 0 Å². The molecule has 0 aliphatic heterocycles. The van der Waals surface area contributed by atoms with Crippen LogP contribution in [0.3, 0.4) is 0 Å². The predicted octanol–water partition coefficient (Wildman–Crippen LogP) is 6.20. The van der Waals surface area contributed by atoms with Crippen molar-refractivity contribution in [2.45, 2.75) is 0 Å². The van der Waals surface area contributed by atoms with Crippen molar-refractivity contribution < 1.29 is 0 Å². The van der Waals surface area contributed by atoms with Crippen LogP contribution in [-0.4, -0.2) is 4.57 Å². The number of benzene rings is 3. The molecule has 0 saturated carbocycles. The molecule has 0 atom stereocenters. The molecule has 0 unspecified atom stereocenters. The van der Waals surface area contributed by atoms with Gasteiger partial charge in [0.1, 0.15) is 0 Å². The number of hydrogen-bond donors (Lipinski definition) is 0. The van der Waals surface area contributed by atoms with Crippen LogP contribution in [0.4, 0.5) is 0 Å². The van der Waals surface area contributed by atoms with Gasteiger partial charge in [-0.15, -0.1) is 0 Å². The molecule has 3 aromatic carbocycles. The second-order valence-corrected chi connectivity index (χ2v) is 6.35. The van der Waals surface area contributed by atoms with Crippen molar-refractivity contribution in [2.75, 3.05) is 0 Å². The molecule has 4 rings (SSSR count). The van der Waals surface area contributed by atoms with E-state index in [0.717, 1.165) is 15.2 Å². The van der Waals surface area contributed by atoms with Crippen LogP contribution < -0.4 is 0 Å². The summed E-state index contributed by atoms with van der Waals surface area (Å²) >= 11 is 9.73. The molecular weight excluding hydrogens is 346 g/mol. The number of nitrogens with zero attached hydrogens (tertiary/aromatic N) is 1. The van der Waals surface area contributed by atoms with Crippen LogP contribution in [-0.2, 0) is 0 Å². The van der Waals surface area contributed by atoms with Crippen molar-refractivity contribution in [3.05, 3.63) is 76.2 Å². The fourth-order valence-corrected chi connectivity index (χ4v) is 3.38. The molecule has 0 amide bonds. The monoisotopic (exact) mass is 355 g/mol. The third kappa shape index (κ3) is 2.06. The maximum atomic E-state index is 6.17. The van der Waals surface area contributed by atoms with Gasteiger partial charge in [0.15, 0.2) is 0 Å². The van der Waals surface area contributed by atoms with Crippen LogP contribution in [0.25, 0.3) is 27.5 Å². The van der Waals surface area contributed by atoms with Gasteiger partial charge in [0.05, 0.1) is 11.0 Å². The van der Waals surface area contributed by atoms with Crippen LogP contribution in [0, 0.1) is 0 Å². The van der Waals surface area contributed by atoms with Gasteiger partial charge in [0.2, 0.25) is 0 Å². The Morgan fingerprint density at radius 3 is 2.43 bits per heavy atom. The molecule has 1 heterocycles. The minimum Gasteiger partial charge on any atom is -0.309 e. The number of aromatic nitrogens is 1. The highest BCUT2D eigenvalue weighted by Crippen LogP contribution is 2.33. The molecule has 0 aliphatic carbocycles. The summed E-state index contributed by atoms with van der Waals surface area (Å²) in [5.74, 6) is 0. The SMILES string of the molecule is Clc1cccc(-n2c3ccccc3c3cc(Br)ccc32)c1. The predicted molar refractivity (Wildman–Crippen MR) is 93.5 cm³/mol. The summed E-state index contributed by atoms with van der Waals surface area (Å²) in [4.78, 5) is 0. The van der Waals surface area contributed by atoms with E-state index >= 15 is 0 Å². The Hall–Kier alpha value is -1.77. The quantitative estimate of drug-likeness (QED) is 0.382. The van der Waals surface area contributed by atoms with Crippen molar-refractivity contribution >= 4 is 49.3 Å². The van der Waals surface area contributed by atoms with Gasteiger partial charge in [-0.05, 0) is 42.5 Å². The molecule has 0 aliphatic rings. The number of para-hydroxylation sites is 1. The molecule has 21 heavy (non-hydrogen) atoms. The third-order valence-electron chi connectivity index (χ3n) is 3.70. The normalized spacial score (nSPS) is 11.3. The number of fused-ring (bicyclic) bond motifs is 3. The Labute approximate surface area is 135 Å². The highest BCUT2D eigenvalue weighted by Gasteiger charge is 2.11. The molecule has 0 N–H and O–H groups in total. The van der Waals surface area contributed by atoms with Crippen LogP contribution >= 0.6 is 27.5 Å². The lowest BCUT2D eigenvalue weighted by atomic mass is 10.2. The Bertz CT molecular complexity index is 971. The van der Waals surface area contributed by atoms with E-state index in [1.54, 1.807) is 0 Å². The third-order valence-corrected chi connectivity index (χ3v) is 4.43. The van der Waals surface area contributed by atoms with Crippen molar-refractivity contribution in [1.82, 2.24) is 4.57 Å². The molecule has 0 fully saturated rings. The minimum atomic E-state index is 0.746. The molecule has 0 bridgehead atoms. The largest absolute Gasteiger partial charge is 0.309 e. The zero-order valence-electron chi connectivity index (χ0n) is 11.1.